The zero-order valence-corrected chi connectivity index (χ0v) is 16.0. The number of amides is 1. The zero-order valence-electron chi connectivity index (χ0n) is 16.0. The van der Waals surface area contributed by atoms with Crippen molar-refractivity contribution < 1.29 is 9.53 Å². The number of carbonyl (C=O) groups excluding carboxylic acids is 1. The molecule has 2 aliphatic heterocycles. The summed E-state index contributed by atoms with van der Waals surface area (Å²) in [5.74, 6) is 1.75. The van der Waals surface area contributed by atoms with Crippen molar-refractivity contribution in [2.45, 2.75) is 38.4 Å². The Bertz CT molecular complexity index is 760. The molecule has 2 heterocycles. The standard InChI is InChI=1S/C23H28N2O2/c1-27-21-10-7-19(8-11-21)16-25-22-13-14-24(15-18-5-3-2-4-6-18)17-20(22)9-12-23(25)26/h2-8,10-11,20,22H,9,12-17H2,1H3/t20-,22+/m1/s1. The fraction of sp³-hybridized carbons (Fsp3) is 0.435. The van der Waals surface area contributed by atoms with Crippen LogP contribution in [0.15, 0.2) is 54.6 Å². The second kappa shape index (κ2) is 8.13. The maximum atomic E-state index is 12.6. The van der Waals surface area contributed by atoms with Gasteiger partial charge in [0.1, 0.15) is 5.75 Å². The molecule has 4 heteroatoms. The topological polar surface area (TPSA) is 32.8 Å². The van der Waals surface area contributed by atoms with Gasteiger partial charge in [0.2, 0.25) is 5.91 Å². The lowest BCUT2D eigenvalue weighted by atomic mass is 9.83. The van der Waals surface area contributed by atoms with E-state index < -0.39 is 0 Å². The molecule has 0 radical (unpaired) electrons. The molecule has 142 valence electrons. The molecule has 0 bridgehead atoms. The van der Waals surface area contributed by atoms with Crippen molar-refractivity contribution >= 4 is 5.91 Å². The highest BCUT2D eigenvalue weighted by Crippen LogP contribution is 2.33. The summed E-state index contributed by atoms with van der Waals surface area (Å²) in [5, 5.41) is 0. The van der Waals surface area contributed by atoms with E-state index in [2.05, 4.69) is 52.3 Å². The molecule has 2 atom stereocenters. The van der Waals surface area contributed by atoms with Gasteiger partial charge in [0.05, 0.1) is 7.11 Å². The van der Waals surface area contributed by atoms with Crippen molar-refractivity contribution in [3.05, 3.63) is 65.7 Å². The average molecular weight is 364 g/mol. The van der Waals surface area contributed by atoms with Crippen LogP contribution in [0.2, 0.25) is 0 Å². The highest BCUT2D eigenvalue weighted by atomic mass is 16.5. The molecule has 2 aromatic rings. The van der Waals surface area contributed by atoms with Gasteiger partial charge in [-0.25, -0.2) is 0 Å². The van der Waals surface area contributed by atoms with E-state index in [0.717, 1.165) is 38.2 Å². The van der Waals surface area contributed by atoms with Crippen LogP contribution in [-0.2, 0) is 17.9 Å². The molecule has 2 aromatic carbocycles. The van der Waals surface area contributed by atoms with E-state index in [9.17, 15) is 4.79 Å². The van der Waals surface area contributed by atoms with E-state index in [1.165, 1.54) is 11.1 Å². The normalized spacial score (nSPS) is 23.1. The number of nitrogens with zero attached hydrogens (tertiary/aromatic N) is 2. The Hall–Kier alpha value is -2.33. The van der Waals surface area contributed by atoms with Crippen LogP contribution in [0.25, 0.3) is 0 Å². The van der Waals surface area contributed by atoms with Gasteiger partial charge in [0.25, 0.3) is 0 Å². The molecule has 0 aliphatic carbocycles. The highest BCUT2D eigenvalue weighted by Gasteiger charge is 2.39. The number of carbonyl (C=O) groups is 1. The lowest BCUT2D eigenvalue weighted by Crippen LogP contribution is -2.55. The molecular weight excluding hydrogens is 336 g/mol. The Balaban J connectivity index is 1.41. The number of hydrogen-bond acceptors (Lipinski definition) is 3. The maximum absolute atomic E-state index is 12.6. The van der Waals surface area contributed by atoms with E-state index in [1.807, 2.05) is 12.1 Å². The van der Waals surface area contributed by atoms with Gasteiger partial charge in [-0.3, -0.25) is 9.69 Å². The molecule has 2 aliphatic rings. The Morgan fingerprint density at radius 1 is 0.963 bits per heavy atom. The minimum atomic E-state index is 0.309. The number of fused-ring (bicyclic) bond motifs is 1. The summed E-state index contributed by atoms with van der Waals surface area (Å²) < 4.78 is 5.24. The quantitative estimate of drug-likeness (QED) is 0.811. The number of ether oxygens (including phenoxy) is 1. The number of methoxy groups -OCH3 is 1. The SMILES string of the molecule is COc1ccc(CN2C(=O)CC[C@@H]3CN(Cc4ccccc4)CC[C@@H]32)cc1. The zero-order chi connectivity index (χ0) is 18.6. The van der Waals surface area contributed by atoms with E-state index in [4.69, 9.17) is 4.74 Å². The second-order valence-electron chi connectivity index (χ2n) is 7.75. The summed E-state index contributed by atoms with van der Waals surface area (Å²) in [6.45, 7) is 3.87. The molecule has 1 amide bonds. The molecule has 0 N–H and O–H groups in total. The summed E-state index contributed by atoms with van der Waals surface area (Å²) in [6, 6.07) is 19.2. The van der Waals surface area contributed by atoms with Crippen LogP contribution in [0.1, 0.15) is 30.4 Å². The predicted octanol–water partition coefficient (Wildman–Crippen LogP) is 3.71. The molecule has 4 rings (SSSR count). The highest BCUT2D eigenvalue weighted by molar-refractivity contribution is 5.77. The molecule has 4 nitrogen and oxygen atoms in total. The lowest BCUT2D eigenvalue weighted by molar-refractivity contribution is -0.142. The summed E-state index contributed by atoms with van der Waals surface area (Å²) in [5.41, 5.74) is 2.55. The average Bonchev–Trinajstić information content (AvgIpc) is 2.71. The first-order valence-corrected chi connectivity index (χ1v) is 9.91. The van der Waals surface area contributed by atoms with Crippen LogP contribution in [0, 0.1) is 5.92 Å². The van der Waals surface area contributed by atoms with Crippen molar-refractivity contribution in [1.29, 1.82) is 0 Å². The molecule has 2 fully saturated rings. The van der Waals surface area contributed by atoms with Gasteiger partial charge in [0.15, 0.2) is 0 Å². The van der Waals surface area contributed by atoms with Crippen molar-refractivity contribution in [2.75, 3.05) is 20.2 Å². The van der Waals surface area contributed by atoms with E-state index in [0.29, 0.717) is 30.8 Å². The Labute approximate surface area is 161 Å². The number of benzene rings is 2. The van der Waals surface area contributed by atoms with Crippen LogP contribution in [0.5, 0.6) is 5.75 Å². The molecule has 0 unspecified atom stereocenters. The van der Waals surface area contributed by atoms with Gasteiger partial charge < -0.3 is 9.64 Å². The smallest absolute Gasteiger partial charge is 0.223 e. The van der Waals surface area contributed by atoms with Gasteiger partial charge in [-0.1, -0.05) is 42.5 Å². The fourth-order valence-corrected chi connectivity index (χ4v) is 4.54. The van der Waals surface area contributed by atoms with E-state index in [-0.39, 0.29) is 0 Å². The number of piperidine rings is 2. The van der Waals surface area contributed by atoms with Gasteiger partial charge >= 0.3 is 0 Å². The van der Waals surface area contributed by atoms with Gasteiger partial charge in [-0.15, -0.1) is 0 Å². The first kappa shape index (κ1) is 18.1. The molecule has 0 aromatic heterocycles. The van der Waals surface area contributed by atoms with Crippen LogP contribution < -0.4 is 4.74 Å². The first-order valence-electron chi connectivity index (χ1n) is 9.91. The molecular formula is C23H28N2O2. The van der Waals surface area contributed by atoms with Crippen LogP contribution in [0.4, 0.5) is 0 Å². The van der Waals surface area contributed by atoms with E-state index >= 15 is 0 Å². The summed E-state index contributed by atoms with van der Waals surface area (Å²) in [6.07, 6.45) is 2.77. The minimum Gasteiger partial charge on any atom is -0.497 e. The Morgan fingerprint density at radius 2 is 1.70 bits per heavy atom. The minimum absolute atomic E-state index is 0.309. The van der Waals surface area contributed by atoms with Crippen molar-refractivity contribution in [3.63, 3.8) is 0 Å². The molecule has 27 heavy (non-hydrogen) atoms. The summed E-state index contributed by atoms with van der Waals surface area (Å²) in [4.78, 5) is 17.3. The number of likely N-dealkylation sites (tertiary alicyclic amines) is 2. The van der Waals surface area contributed by atoms with Crippen molar-refractivity contribution in [1.82, 2.24) is 9.80 Å². The van der Waals surface area contributed by atoms with Crippen LogP contribution in [0.3, 0.4) is 0 Å². The van der Waals surface area contributed by atoms with Gasteiger partial charge in [-0.2, -0.15) is 0 Å². The van der Waals surface area contributed by atoms with Crippen LogP contribution in [-0.4, -0.2) is 41.9 Å². The summed E-state index contributed by atoms with van der Waals surface area (Å²) in [7, 11) is 1.68. The molecule has 0 saturated carbocycles. The van der Waals surface area contributed by atoms with Gasteiger partial charge in [0, 0.05) is 38.6 Å². The lowest BCUT2D eigenvalue weighted by Gasteiger charge is -2.47. The summed E-state index contributed by atoms with van der Waals surface area (Å²) >= 11 is 0. The maximum Gasteiger partial charge on any atom is 0.223 e. The first-order chi connectivity index (χ1) is 13.2. The van der Waals surface area contributed by atoms with Gasteiger partial charge in [-0.05, 0) is 42.0 Å². The van der Waals surface area contributed by atoms with Crippen LogP contribution >= 0.6 is 0 Å². The molecule has 0 spiro atoms. The third kappa shape index (κ3) is 4.16. The van der Waals surface area contributed by atoms with E-state index in [1.54, 1.807) is 7.11 Å². The number of rotatable bonds is 5. The number of hydrogen-bond donors (Lipinski definition) is 0. The largest absolute Gasteiger partial charge is 0.497 e. The van der Waals surface area contributed by atoms with Crippen molar-refractivity contribution in [2.24, 2.45) is 5.92 Å². The third-order valence-corrected chi connectivity index (χ3v) is 5.99. The Morgan fingerprint density at radius 3 is 2.44 bits per heavy atom. The third-order valence-electron chi connectivity index (χ3n) is 5.99. The fourth-order valence-electron chi connectivity index (χ4n) is 4.54. The molecule has 2 saturated heterocycles. The second-order valence-corrected chi connectivity index (χ2v) is 7.75. The Kier molecular flexibility index (Phi) is 5.44. The van der Waals surface area contributed by atoms with Crippen molar-refractivity contribution in [3.8, 4) is 5.75 Å². The monoisotopic (exact) mass is 364 g/mol. The predicted molar refractivity (Wildman–Crippen MR) is 106 cm³/mol.